The molecule has 1 atom stereocenters. The lowest BCUT2D eigenvalue weighted by molar-refractivity contribution is 0.110. The molecule has 0 radical (unpaired) electrons. The number of para-hydroxylation sites is 1. The third-order valence-electron chi connectivity index (χ3n) is 4.74. The maximum absolute atomic E-state index is 13.0. The van der Waals surface area contributed by atoms with Gasteiger partial charge in [-0.15, -0.1) is 24.0 Å². The molecule has 3 N–H and O–H groups in total. The minimum atomic E-state index is -0.758. The van der Waals surface area contributed by atoms with Gasteiger partial charge in [0.1, 0.15) is 24.3 Å². The molecule has 0 fully saturated rings. The van der Waals surface area contributed by atoms with Gasteiger partial charge in [-0.2, -0.15) is 5.10 Å². The Morgan fingerprint density at radius 3 is 2.55 bits per heavy atom. The fraction of sp³-hybridized carbons (Fsp3) is 0.333. The number of rotatable bonds is 9. The second-order valence-corrected chi connectivity index (χ2v) is 7.46. The number of aryl methyl sites for hydroxylation is 2. The molecule has 0 aliphatic heterocycles. The van der Waals surface area contributed by atoms with E-state index >= 15 is 0 Å². The predicted molar refractivity (Wildman–Crippen MR) is 139 cm³/mol. The number of ether oxygens (including phenoxy) is 1. The Bertz CT molecular complexity index is 1040. The molecule has 7 nitrogen and oxygen atoms in total. The molecule has 0 saturated heterocycles. The van der Waals surface area contributed by atoms with Crippen molar-refractivity contribution in [3.63, 3.8) is 0 Å². The Labute approximate surface area is 211 Å². The van der Waals surface area contributed by atoms with Gasteiger partial charge in [0, 0.05) is 18.8 Å². The van der Waals surface area contributed by atoms with Gasteiger partial charge in [0.05, 0.1) is 17.9 Å². The summed E-state index contributed by atoms with van der Waals surface area (Å²) in [7, 11) is 0. The summed E-state index contributed by atoms with van der Waals surface area (Å²) in [4.78, 5) is 4.67. The second kappa shape index (κ2) is 13.1. The quantitative estimate of drug-likeness (QED) is 0.209. The summed E-state index contributed by atoms with van der Waals surface area (Å²) in [5.74, 6) is 0.772. The van der Waals surface area contributed by atoms with Gasteiger partial charge in [0.2, 0.25) is 0 Å². The second-order valence-electron chi connectivity index (χ2n) is 7.46. The summed E-state index contributed by atoms with van der Waals surface area (Å²) in [5.41, 5.74) is 4.06. The van der Waals surface area contributed by atoms with Gasteiger partial charge < -0.3 is 20.5 Å². The average Bonchev–Trinajstić information content (AvgIpc) is 3.13. The summed E-state index contributed by atoms with van der Waals surface area (Å²) in [5, 5.41) is 21.1. The minimum absolute atomic E-state index is 0. The van der Waals surface area contributed by atoms with Crippen molar-refractivity contribution in [2.24, 2.45) is 4.99 Å². The number of hydrogen-bond acceptors (Lipinski definition) is 4. The van der Waals surface area contributed by atoms with E-state index in [0.717, 1.165) is 22.6 Å². The number of aliphatic hydroxyl groups excluding tert-OH is 1. The van der Waals surface area contributed by atoms with Crippen LogP contribution in [0.4, 0.5) is 4.39 Å². The van der Waals surface area contributed by atoms with Crippen LogP contribution in [0.2, 0.25) is 0 Å². The van der Waals surface area contributed by atoms with Gasteiger partial charge in [-0.05, 0) is 62.7 Å². The van der Waals surface area contributed by atoms with Crippen LogP contribution in [0, 0.1) is 19.7 Å². The fourth-order valence-corrected chi connectivity index (χ4v) is 3.23. The molecule has 3 rings (SSSR count). The molecule has 0 bridgehead atoms. The van der Waals surface area contributed by atoms with E-state index in [1.807, 2.05) is 55.8 Å². The first-order valence-corrected chi connectivity index (χ1v) is 10.7. The van der Waals surface area contributed by atoms with Crippen molar-refractivity contribution in [2.45, 2.75) is 33.4 Å². The molecule has 0 saturated carbocycles. The van der Waals surface area contributed by atoms with Crippen LogP contribution < -0.4 is 15.4 Å². The highest BCUT2D eigenvalue weighted by molar-refractivity contribution is 14.0. The highest BCUT2D eigenvalue weighted by Gasteiger charge is 2.10. The van der Waals surface area contributed by atoms with Crippen molar-refractivity contribution < 1.29 is 14.2 Å². The number of guanidine groups is 1. The maximum Gasteiger partial charge on any atom is 0.191 e. The number of nitrogens with one attached hydrogen (secondary N) is 2. The Morgan fingerprint density at radius 2 is 1.88 bits per heavy atom. The molecule has 9 heteroatoms. The van der Waals surface area contributed by atoms with Gasteiger partial charge in [0.25, 0.3) is 0 Å². The summed E-state index contributed by atoms with van der Waals surface area (Å²) in [6.45, 7) is 7.46. The molecule has 178 valence electrons. The lowest BCUT2D eigenvalue weighted by Gasteiger charge is -2.16. The summed E-state index contributed by atoms with van der Waals surface area (Å²) in [6.07, 6.45) is -0.758. The summed E-state index contributed by atoms with van der Waals surface area (Å²) in [6, 6.07) is 15.8. The molecule has 1 unspecified atom stereocenters. The van der Waals surface area contributed by atoms with E-state index in [-0.39, 0.29) is 42.9 Å². The van der Waals surface area contributed by atoms with Gasteiger partial charge in [-0.1, -0.05) is 18.2 Å². The molecule has 0 aliphatic rings. The number of benzene rings is 2. The lowest BCUT2D eigenvalue weighted by atomic mass is 10.2. The van der Waals surface area contributed by atoms with Crippen LogP contribution in [0.1, 0.15) is 23.9 Å². The fourth-order valence-electron chi connectivity index (χ4n) is 3.23. The highest BCUT2D eigenvalue weighted by Crippen LogP contribution is 2.18. The molecule has 2 aromatic carbocycles. The number of aliphatic hydroxyl groups is 1. The Kier molecular flexibility index (Phi) is 10.6. The first-order chi connectivity index (χ1) is 15.5. The lowest BCUT2D eigenvalue weighted by Crippen LogP contribution is -2.42. The average molecular weight is 567 g/mol. The minimum Gasteiger partial charge on any atom is -0.491 e. The standard InChI is InChI=1S/C24H30FN5O2.HI/c1-4-26-24(28-15-21(31)16-32-22-11-9-20(25)10-12-22)27-14-19-7-5-6-8-23(19)30-18(3)13-17(2)29-30;/h5-13,21,31H,4,14-16H2,1-3H3,(H2,26,27,28);1H. The molecule has 0 aliphatic carbocycles. The van der Waals surface area contributed by atoms with E-state index in [9.17, 15) is 9.50 Å². The zero-order valence-corrected chi connectivity index (χ0v) is 21.4. The van der Waals surface area contributed by atoms with Crippen LogP contribution in [0.3, 0.4) is 0 Å². The maximum atomic E-state index is 13.0. The summed E-state index contributed by atoms with van der Waals surface area (Å²) < 4.78 is 20.4. The SMILES string of the molecule is CCNC(=NCc1ccccc1-n1nc(C)cc1C)NCC(O)COc1ccc(F)cc1.I. The van der Waals surface area contributed by atoms with Crippen LogP contribution in [-0.2, 0) is 6.54 Å². The smallest absolute Gasteiger partial charge is 0.191 e. The molecular weight excluding hydrogens is 536 g/mol. The van der Waals surface area contributed by atoms with Crippen molar-refractivity contribution in [3.05, 3.63) is 77.4 Å². The Balaban J connectivity index is 0.00000385. The van der Waals surface area contributed by atoms with E-state index < -0.39 is 6.10 Å². The first kappa shape index (κ1) is 26.6. The van der Waals surface area contributed by atoms with E-state index in [1.165, 1.54) is 24.3 Å². The molecule has 1 heterocycles. The van der Waals surface area contributed by atoms with Crippen molar-refractivity contribution in [1.29, 1.82) is 0 Å². The monoisotopic (exact) mass is 567 g/mol. The van der Waals surface area contributed by atoms with Crippen LogP contribution in [0.15, 0.2) is 59.6 Å². The zero-order chi connectivity index (χ0) is 22.9. The number of aliphatic imine (C=N–C) groups is 1. The van der Waals surface area contributed by atoms with E-state index in [1.54, 1.807) is 0 Å². The van der Waals surface area contributed by atoms with E-state index in [0.29, 0.717) is 24.8 Å². The predicted octanol–water partition coefficient (Wildman–Crippen LogP) is 3.74. The van der Waals surface area contributed by atoms with Gasteiger partial charge in [0.15, 0.2) is 5.96 Å². The molecular formula is C24H31FIN5O2. The van der Waals surface area contributed by atoms with Crippen LogP contribution in [0.25, 0.3) is 5.69 Å². The number of aromatic nitrogens is 2. The first-order valence-electron chi connectivity index (χ1n) is 10.7. The Morgan fingerprint density at radius 1 is 1.15 bits per heavy atom. The van der Waals surface area contributed by atoms with Crippen LogP contribution in [-0.4, -0.2) is 46.6 Å². The van der Waals surface area contributed by atoms with E-state index in [2.05, 4.69) is 20.7 Å². The number of hydrogen-bond donors (Lipinski definition) is 3. The van der Waals surface area contributed by atoms with Crippen molar-refractivity contribution in [3.8, 4) is 11.4 Å². The van der Waals surface area contributed by atoms with E-state index in [4.69, 9.17) is 4.74 Å². The normalized spacial score (nSPS) is 12.1. The van der Waals surface area contributed by atoms with Gasteiger partial charge >= 0.3 is 0 Å². The third kappa shape index (κ3) is 8.01. The number of halogens is 2. The summed E-state index contributed by atoms with van der Waals surface area (Å²) >= 11 is 0. The third-order valence-corrected chi connectivity index (χ3v) is 4.74. The molecule has 33 heavy (non-hydrogen) atoms. The number of nitrogens with zero attached hydrogens (tertiary/aromatic N) is 3. The Hall–Kier alpha value is -2.66. The van der Waals surface area contributed by atoms with Crippen LogP contribution in [0.5, 0.6) is 5.75 Å². The van der Waals surface area contributed by atoms with Crippen LogP contribution >= 0.6 is 24.0 Å². The molecule has 0 amide bonds. The molecule has 3 aromatic rings. The zero-order valence-electron chi connectivity index (χ0n) is 19.1. The molecule has 1 aromatic heterocycles. The topological polar surface area (TPSA) is 83.7 Å². The van der Waals surface area contributed by atoms with Gasteiger partial charge in [-0.25, -0.2) is 14.1 Å². The van der Waals surface area contributed by atoms with Gasteiger partial charge in [-0.3, -0.25) is 0 Å². The largest absolute Gasteiger partial charge is 0.491 e. The van der Waals surface area contributed by atoms with Crippen molar-refractivity contribution >= 4 is 29.9 Å². The molecule has 0 spiro atoms. The highest BCUT2D eigenvalue weighted by atomic mass is 127. The van der Waals surface area contributed by atoms with Crippen molar-refractivity contribution in [1.82, 2.24) is 20.4 Å². The van der Waals surface area contributed by atoms with Crippen molar-refractivity contribution in [2.75, 3.05) is 19.7 Å².